The molecule has 0 saturated heterocycles. The summed E-state index contributed by atoms with van der Waals surface area (Å²) in [5.74, 6) is 0. The summed E-state index contributed by atoms with van der Waals surface area (Å²) < 4.78 is 0. The van der Waals surface area contributed by atoms with Gasteiger partial charge in [0.25, 0.3) is 0 Å². The van der Waals surface area contributed by atoms with Crippen LogP contribution in [0.2, 0.25) is 0 Å². The molecule has 14 heavy (non-hydrogen) atoms. The smallest absolute Gasteiger partial charge is 0.0314 e. The van der Waals surface area contributed by atoms with Crippen molar-refractivity contribution in [2.45, 2.75) is 6.42 Å². The lowest BCUT2D eigenvalue weighted by atomic mass is 10.0. The van der Waals surface area contributed by atoms with Gasteiger partial charge in [0.05, 0.1) is 0 Å². The van der Waals surface area contributed by atoms with Crippen LogP contribution in [-0.4, -0.2) is 6.21 Å². The fourth-order valence-electron chi connectivity index (χ4n) is 1.38. The van der Waals surface area contributed by atoms with Gasteiger partial charge in [0.15, 0.2) is 0 Å². The Bertz CT molecular complexity index is 397. The zero-order chi connectivity index (χ0) is 9.80. The molecule has 0 spiro atoms. The number of benzene rings is 1. The molecule has 70 valence electrons. The lowest BCUT2D eigenvalue weighted by molar-refractivity contribution is 1.38. The average molecular weight is 184 g/mol. The Kier molecular flexibility index (Phi) is 2.45. The molecule has 1 aromatic rings. The number of hydrogen-bond acceptors (Lipinski definition) is 2. The van der Waals surface area contributed by atoms with Crippen LogP contribution in [0.5, 0.6) is 0 Å². The van der Waals surface area contributed by atoms with Crippen LogP contribution in [0.25, 0.3) is 5.57 Å². The van der Waals surface area contributed by atoms with Crippen molar-refractivity contribution in [1.82, 2.24) is 0 Å². The third-order valence-corrected chi connectivity index (χ3v) is 2.16. The van der Waals surface area contributed by atoms with Crippen molar-refractivity contribution < 1.29 is 0 Å². The molecule has 0 saturated carbocycles. The van der Waals surface area contributed by atoms with Crippen LogP contribution in [0.3, 0.4) is 0 Å². The number of nitrogens with two attached hydrogens (primary N) is 1. The van der Waals surface area contributed by atoms with E-state index < -0.39 is 0 Å². The van der Waals surface area contributed by atoms with E-state index in [2.05, 4.69) is 11.1 Å². The normalized spacial score (nSPS) is 15.0. The van der Waals surface area contributed by atoms with Crippen LogP contribution in [-0.2, 0) is 0 Å². The van der Waals surface area contributed by atoms with E-state index in [1.54, 1.807) is 6.21 Å². The number of aliphatic imine (C=N–C) groups is 1. The molecule has 0 unspecified atom stereocenters. The van der Waals surface area contributed by atoms with Gasteiger partial charge in [-0.05, 0) is 35.8 Å². The van der Waals surface area contributed by atoms with Crippen molar-refractivity contribution in [3.8, 4) is 0 Å². The second-order valence-electron chi connectivity index (χ2n) is 3.21. The lowest BCUT2D eigenvalue weighted by Crippen LogP contribution is -1.86. The zero-order valence-corrected chi connectivity index (χ0v) is 7.85. The molecular weight excluding hydrogens is 172 g/mol. The Balaban J connectivity index is 2.31. The summed E-state index contributed by atoms with van der Waals surface area (Å²) in [5, 5.41) is 0. The first-order valence-corrected chi connectivity index (χ1v) is 4.59. The van der Waals surface area contributed by atoms with E-state index in [0.29, 0.717) is 0 Å². The first-order chi connectivity index (χ1) is 6.86. The van der Waals surface area contributed by atoms with Crippen LogP contribution >= 0.6 is 0 Å². The van der Waals surface area contributed by atoms with Crippen LogP contribution in [0.1, 0.15) is 12.0 Å². The largest absolute Gasteiger partial charge is 0.399 e. The Morgan fingerprint density at radius 3 is 2.71 bits per heavy atom. The monoisotopic (exact) mass is 184 g/mol. The second-order valence-corrected chi connectivity index (χ2v) is 3.21. The molecule has 1 aliphatic heterocycles. The Labute approximate surface area is 83.5 Å². The van der Waals surface area contributed by atoms with Crippen LogP contribution in [0.4, 0.5) is 5.69 Å². The number of nitrogens with zero attached hydrogens (tertiary/aromatic N) is 1. The second kappa shape index (κ2) is 3.92. The summed E-state index contributed by atoms with van der Waals surface area (Å²) in [6, 6.07) is 7.87. The molecule has 2 heteroatoms. The van der Waals surface area contributed by atoms with Gasteiger partial charge in [-0.2, -0.15) is 0 Å². The molecule has 1 aliphatic rings. The summed E-state index contributed by atoms with van der Waals surface area (Å²) in [6.07, 6.45) is 8.67. The van der Waals surface area contributed by atoms with E-state index in [0.717, 1.165) is 12.1 Å². The van der Waals surface area contributed by atoms with E-state index in [9.17, 15) is 0 Å². The first kappa shape index (κ1) is 8.75. The number of anilines is 1. The molecule has 1 heterocycles. The van der Waals surface area contributed by atoms with Crippen LogP contribution in [0, 0.1) is 0 Å². The lowest BCUT2D eigenvalue weighted by Gasteiger charge is -2.03. The molecule has 0 radical (unpaired) electrons. The summed E-state index contributed by atoms with van der Waals surface area (Å²) in [7, 11) is 0. The van der Waals surface area contributed by atoms with Gasteiger partial charge in [0.1, 0.15) is 0 Å². The Morgan fingerprint density at radius 1 is 1.14 bits per heavy atom. The molecule has 1 aromatic carbocycles. The minimum atomic E-state index is 0.794. The van der Waals surface area contributed by atoms with Gasteiger partial charge < -0.3 is 5.73 Å². The summed E-state index contributed by atoms with van der Waals surface area (Å²) in [6.45, 7) is 0. The quantitative estimate of drug-likeness (QED) is 0.669. The highest BCUT2D eigenvalue weighted by molar-refractivity contribution is 5.77. The molecule has 0 bridgehead atoms. The van der Waals surface area contributed by atoms with Crippen molar-refractivity contribution >= 4 is 17.5 Å². The van der Waals surface area contributed by atoms with E-state index in [4.69, 9.17) is 5.73 Å². The minimum absolute atomic E-state index is 0.794. The third-order valence-electron chi connectivity index (χ3n) is 2.16. The Morgan fingerprint density at radius 2 is 1.93 bits per heavy atom. The predicted molar refractivity (Wildman–Crippen MR) is 61.1 cm³/mol. The topological polar surface area (TPSA) is 38.4 Å². The van der Waals surface area contributed by atoms with Gasteiger partial charge in [-0.1, -0.05) is 18.2 Å². The number of nitrogen functional groups attached to an aromatic ring is 1. The standard InChI is InChI=1S/C12H12N2/c13-12-6-4-10(5-7-12)11-3-1-2-8-14-9-11/h1-2,4-9H,3,13H2. The molecule has 0 aromatic heterocycles. The van der Waals surface area contributed by atoms with Crippen molar-refractivity contribution in [2.24, 2.45) is 4.99 Å². The molecule has 2 rings (SSSR count). The van der Waals surface area contributed by atoms with Crippen LogP contribution < -0.4 is 5.73 Å². The highest BCUT2D eigenvalue weighted by Gasteiger charge is 2.00. The molecule has 0 atom stereocenters. The van der Waals surface area contributed by atoms with Crippen molar-refractivity contribution in [1.29, 1.82) is 0 Å². The zero-order valence-electron chi connectivity index (χ0n) is 7.85. The summed E-state index contributed by atoms with van der Waals surface area (Å²) in [5.41, 5.74) is 8.82. The van der Waals surface area contributed by atoms with E-state index in [1.165, 1.54) is 11.1 Å². The SMILES string of the molecule is Nc1ccc(C2=CN=CC=CC2)cc1. The van der Waals surface area contributed by atoms with Gasteiger partial charge in [-0.25, -0.2) is 0 Å². The highest BCUT2D eigenvalue weighted by atomic mass is 14.7. The first-order valence-electron chi connectivity index (χ1n) is 4.59. The number of allylic oxidation sites excluding steroid dienone is 3. The van der Waals surface area contributed by atoms with Gasteiger partial charge in [0, 0.05) is 18.1 Å². The van der Waals surface area contributed by atoms with Crippen molar-refractivity contribution in [3.63, 3.8) is 0 Å². The van der Waals surface area contributed by atoms with Gasteiger partial charge in [-0.15, -0.1) is 0 Å². The maximum Gasteiger partial charge on any atom is 0.0314 e. The highest BCUT2D eigenvalue weighted by Crippen LogP contribution is 2.20. The Hall–Kier alpha value is -1.83. The summed E-state index contributed by atoms with van der Waals surface area (Å²) in [4.78, 5) is 4.15. The summed E-state index contributed by atoms with van der Waals surface area (Å²) >= 11 is 0. The van der Waals surface area contributed by atoms with Gasteiger partial charge >= 0.3 is 0 Å². The third kappa shape index (κ3) is 1.91. The molecule has 0 aliphatic carbocycles. The fraction of sp³-hybridized carbons (Fsp3) is 0.0833. The molecular formula is C12H12N2. The predicted octanol–water partition coefficient (Wildman–Crippen LogP) is 2.64. The molecule has 2 nitrogen and oxygen atoms in total. The van der Waals surface area contributed by atoms with E-state index in [1.807, 2.05) is 36.5 Å². The molecule has 0 amide bonds. The number of hydrogen-bond donors (Lipinski definition) is 1. The average Bonchev–Trinajstić information content (AvgIpc) is 2.47. The van der Waals surface area contributed by atoms with Gasteiger partial charge in [-0.3, -0.25) is 4.99 Å². The van der Waals surface area contributed by atoms with Gasteiger partial charge in [0.2, 0.25) is 0 Å². The van der Waals surface area contributed by atoms with E-state index >= 15 is 0 Å². The fourth-order valence-corrected chi connectivity index (χ4v) is 1.38. The maximum atomic E-state index is 5.62. The van der Waals surface area contributed by atoms with Crippen molar-refractivity contribution in [3.05, 3.63) is 48.2 Å². The number of rotatable bonds is 1. The molecule has 0 fully saturated rings. The minimum Gasteiger partial charge on any atom is -0.399 e. The maximum absolute atomic E-state index is 5.62. The van der Waals surface area contributed by atoms with Crippen molar-refractivity contribution in [2.75, 3.05) is 5.73 Å². The molecule has 2 N–H and O–H groups in total. The van der Waals surface area contributed by atoms with Crippen LogP contribution in [0.15, 0.2) is 47.6 Å². The van der Waals surface area contributed by atoms with E-state index in [-0.39, 0.29) is 0 Å².